The van der Waals surface area contributed by atoms with Gasteiger partial charge in [-0.05, 0) is 37.8 Å². The Morgan fingerprint density at radius 3 is 2.68 bits per heavy atom. The standard InChI is InChI=1S/C18H21NO3/c1-2-18(11-7-4-8-12-18)21-14-16-13-19(17(20)22-16)15-9-5-3-6-10-15/h1,3,5-6,9-10,16H,4,7-8,11-14H2. The van der Waals surface area contributed by atoms with Gasteiger partial charge in [-0.15, -0.1) is 6.42 Å². The van der Waals surface area contributed by atoms with E-state index in [4.69, 9.17) is 15.9 Å². The Kier molecular flexibility index (Phi) is 4.35. The number of terminal acetylenes is 1. The third kappa shape index (κ3) is 3.10. The Hall–Kier alpha value is -1.99. The van der Waals surface area contributed by atoms with Crippen LogP contribution >= 0.6 is 0 Å². The Morgan fingerprint density at radius 1 is 1.27 bits per heavy atom. The fourth-order valence-electron chi connectivity index (χ4n) is 3.13. The summed E-state index contributed by atoms with van der Waals surface area (Å²) in [4.78, 5) is 13.6. The van der Waals surface area contributed by atoms with E-state index in [2.05, 4.69) is 5.92 Å². The summed E-state index contributed by atoms with van der Waals surface area (Å²) in [6.45, 7) is 0.864. The number of carbonyl (C=O) groups is 1. The first-order valence-electron chi connectivity index (χ1n) is 7.87. The van der Waals surface area contributed by atoms with Crippen molar-refractivity contribution in [1.29, 1.82) is 0 Å². The summed E-state index contributed by atoms with van der Waals surface area (Å²) in [6.07, 6.45) is 10.3. The third-order valence-electron chi connectivity index (χ3n) is 4.41. The van der Waals surface area contributed by atoms with Crippen molar-refractivity contribution in [3.05, 3.63) is 30.3 Å². The number of para-hydroxylation sites is 1. The molecular weight excluding hydrogens is 278 g/mol. The molecule has 1 aliphatic heterocycles. The van der Waals surface area contributed by atoms with E-state index < -0.39 is 5.60 Å². The summed E-state index contributed by atoms with van der Waals surface area (Å²) in [5.74, 6) is 2.82. The molecule has 0 N–H and O–H groups in total. The molecule has 0 bridgehead atoms. The van der Waals surface area contributed by atoms with Gasteiger partial charge in [0.15, 0.2) is 0 Å². The molecule has 1 saturated carbocycles. The molecule has 1 aromatic carbocycles. The molecule has 1 unspecified atom stereocenters. The van der Waals surface area contributed by atoms with Gasteiger partial charge in [0.2, 0.25) is 0 Å². The lowest BCUT2D eigenvalue weighted by Crippen LogP contribution is -2.37. The lowest BCUT2D eigenvalue weighted by Gasteiger charge is -2.33. The average Bonchev–Trinajstić information content (AvgIpc) is 2.96. The van der Waals surface area contributed by atoms with Crippen molar-refractivity contribution in [2.45, 2.75) is 43.8 Å². The Balaban J connectivity index is 1.59. The predicted molar refractivity (Wildman–Crippen MR) is 84.7 cm³/mol. The molecule has 116 valence electrons. The van der Waals surface area contributed by atoms with Gasteiger partial charge in [0.1, 0.15) is 11.7 Å². The second kappa shape index (κ2) is 6.41. The molecule has 1 aromatic rings. The molecular formula is C18H21NO3. The highest BCUT2D eigenvalue weighted by Crippen LogP contribution is 2.32. The zero-order valence-electron chi connectivity index (χ0n) is 12.7. The average molecular weight is 299 g/mol. The summed E-state index contributed by atoms with van der Waals surface area (Å²) in [7, 11) is 0. The fraction of sp³-hybridized carbons (Fsp3) is 0.500. The van der Waals surface area contributed by atoms with Crippen molar-refractivity contribution < 1.29 is 14.3 Å². The Bertz CT molecular complexity index is 557. The van der Waals surface area contributed by atoms with Crippen LogP contribution in [0.4, 0.5) is 10.5 Å². The summed E-state index contributed by atoms with van der Waals surface area (Å²) < 4.78 is 11.4. The minimum absolute atomic E-state index is 0.264. The smallest absolute Gasteiger partial charge is 0.414 e. The first-order chi connectivity index (χ1) is 10.7. The maximum absolute atomic E-state index is 12.0. The number of carbonyl (C=O) groups excluding carboxylic acids is 1. The molecule has 1 amide bonds. The van der Waals surface area contributed by atoms with Gasteiger partial charge in [0.25, 0.3) is 0 Å². The number of amides is 1. The number of hydrogen-bond donors (Lipinski definition) is 0. The molecule has 0 aromatic heterocycles. The summed E-state index contributed by atoms with van der Waals surface area (Å²) in [5, 5.41) is 0. The van der Waals surface area contributed by atoms with E-state index in [9.17, 15) is 4.79 Å². The first-order valence-corrected chi connectivity index (χ1v) is 7.87. The van der Waals surface area contributed by atoms with E-state index in [0.717, 1.165) is 31.4 Å². The van der Waals surface area contributed by atoms with E-state index in [1.54, 1.807) is 4.90 Å². The fourth-order valence-corrected chi connectivity index (χ4v) is 3.13. The summed E-state index contributed by atoms with van der Waals surface area (Å²) in [5.41, 5.74) is 0.379. The van der Waals surface area contributed by atoms with Crippen LogP contribution in [0.25, 0.3) is 0 Å². The van der Waals surface area contributed by atoms with Crippen molar-refractivity contribution in [3.8, 4) is 12.3 Å². The number of rotatable bonds is 4. The summed E-state index contributed by atoms with van der Waals surface area (Å²) >= 11 is 0. The molecule has 0 spiro atoms. The van der Waals surface area contributed by atoms with Gasteiger partial charge in [0, 0.05) is 5.69 Å². The van der Waals surface area contributed by atoms with Crippen LogP contribution in [-0.2, 0) is 9.47 Å². The van der Waals surface area contributed by atoms with E-state index in [1.807, 2.05) is 30.3 Å². The molecule has 4 nitrogen and oxygen atoms in total. The normalized spacial score (nSPS) is 23.9. The molecule has 22 heavy (non-hydrogen) atoms. The number of ether oxygens (including phenoxy) is 2. The molecule has 4 heteroatoms. The van der Waals surface area contributed by atoms with Crippen molar-refractivity contribution in [2.75, 3.05) is 18.1 Å². The van der Waals surface area contributed by atoms with Crippen molar-refractivity contribution in [1.82, 2.24) is 0 Å². The Labute approximate surface area is 131 Å². The molecule has 0 radical (unpaired) electrons. The molecule has 1 atom stereocenters. The van der Waals surface area contributed by atoms with Gasteiger partial charge < -0.3 is 9.47 Å². The highest BCUT2D eigenvalue weighted by molar-refractivity contribution is 5.89. The maximum atomic E-state index is 12.0. The van der Waals surface area contributed by atoms with Crippen LogP contribution in [0, 0.1) is 12.3 Å². The van der Waals surface area contributed by atoms with Gasteiger partial charge in [-0.2, -0.15) is 0 Å². The van der Waals surface area contributed by atoms with Crippen LogP contribution < -0.4 is 4.90 Å². The molecule has 3 rings (SSSR count). The van der Waals surface area contributed by atoms with E-state index in [0.29, 0.717) is 13.2 Å². The van der Waals surface area contributed by atoms with Crippen LogP contribution in [-0.4, -0.2) is 30.9 Å². The molecule has 1 aliphatic carbocycles. The zero-order valence-corrected chi connectivity index (χ0v) is 12.7. The third-order valence-corrected chi connectivity index (χ3v) is 4.41. The van der Waals surface area contributed by atoms with Crippen LogP contribution in [0.5, 0.6) is 0 Å². The first kappa shape index (κ1) is 14.9. The van der Waals surface area contributed by atoms with Gasteiger partial charge in [0.05, 0.1) is 13.2 Å². The van der Waals surface area contributed by atoms with Gasteiger partial charge in [-0.3, -0.25) is 4.90 Å². The number of anilines is 1. The van der Waals surface area contributed by atoms with Crippen molar-refractivity contribution in [2.24, 2.45) is 0 Å². The largest absolute Gasteiger partial charge is 0.441 e. The van der Waals surface area contributed by atoms with Crippen LogP contribution in [0.15, 0.2) is 30.3 Å². The number of nitrogens with zero attached hydrogens (tertiary/aromatic N) is 1. The second-order valence-corrected chi connectivity index (χ2v) is 5.96. The number of cyclic esters (lactones) is 1. The van der Waals surface area contributed by atoms with E-state index in [-0.39, 0.29) is 12.2 Å². The minimum Gasteiger partial charge on any atom is -0.441 e. The van der Waals surface area contributed by atoms with Crippen molar-refractivity contribution in [3.63, 3.8) is 0 Å². The lowest BCUT2D eigenvalue weighted by molar-refractivity contribution is -0.0569. The second-order valence-electron chi connectivity index (χ2n) is 5.96. The molecule has 1 heterocycles. The molecule has 1 saturated heterocycles. The minimum atomic E-state index is -0.467. The SMILES string of the molecule is C#CC1(OCC2CN(c3ccccc3)C(=O)O2)CCCCC1. The zero-order chi connectivity index (χ0) is 15.4. The van der Waals surface area contributed by atoms with Crippen LogP contribution in [0.3, 0.4) is 0 Å². The summed E-state index contributed by atoms with van der Waals surface area (Å²) in [6, 6.07) is 9.53. The van der Waals surface area contributed by atoms with Gasteiger partial charge >= 0.3 is 6.09 Å². The van der Waals surface area contributed by atoms with Crippen LogP contribution in [0.2, 0.25) is 0 Å². The monoisotopic (exact) mass is 299 g/mol. The molecule has 2 fully saturated rings. The van der Waals surface area contributed by atoms with Crippen molar-refractivity contribution >= 4 is 11.8 Å². The highest BCUT2D eigenvalue weighted by atomic mass is 16.6. The number of hydrogen-bond acceptors (Lipinski definition) is 3. The number of benzene rings is 1. The molecule has 2 aliphatic rings. The quantitative estimate of drug-likeness (QED) is 0.800. The van der Waals surface area contributed by atoms with Crippen LogP contribution in [0.1, 0.15) is 32.1 Å². The maximum Gasteiger partial charge on any atom is 0.414 e. The predicted octanol–water partition coefficient (Wildman–Crippen LogP) is 3.36. The topological polar surface area (TPSA) is 38.8 Å². The van der Waals surface area contributed by atoms with Gasteiger partial charge in [-0.25, -0.2) is 4.79 Å². The van der Waals surface area contributed by atoms with Gasteiger partial charge in [-0.1, -0.05) is 30.5 Å². The Morgan fingerprint density at radius 2 is 2.00 bits per heavy atom. The highest BCUT2D eigenvalue weighted by Gasteiger charge is 2.36. The van der Waals surface area contributed by atoms with E-state index in [1.165, 1.54) is 6.42 Å². The van der Waals surface area contributed by atoms with E-state index >= 15 is 0 Å². The lowest BCUT2D eigenvalue weighted by atomic mass is 9.85.